The van der Waals surface area contributed by atoms with E-state index in [-0.39, 0.29) is 29.1 Å². The minimum absolute atomic E-state index is 0.0735. The first-order valence-corrected chi connectivity index (χ1v) is 13.5. The number of carbonyl (C=O) groups is 1. The van der Waals surface area contributed by atoms with Gasteiger partial charge in [0.05, 0.1) is 24.4 Å². The fourth-order valence-electron chi connectivity index (χ4n) is 3.91. The molecule has 0 radical (unpaired) electrons. The molecule has 2 saturated heterocycles. The second-order valence-corrected chi connectivity index (χ2v) is 15.0. The van der Waals surface area contributed by atoms with E-state index < -0.39 is 20.2 Å². The van der Waals surface area contributed by atoms with Crippen molar-refractivity contribution < 1.29 is 23.4 Å². The number of hydrogen-bond donors (Lipinski definition) is 0. The zero-order valence-electron chi connectivity index (χ0n) is 18.9. The highest BCUT2D eigenvalue weighted by Crippen LogP contribution is 2.44. The Labute approximate surface area is 176 Å². The van der Waals surface area contributed by atoms with Crippen LogP contribution in [0.3, 0.4) is 0 Å². The molecule has 3 rings (SSSR count). The summed E-state index contributed by atoms with van der Waals surface area (Å²) in [6, 6.07) is 9.98. The van der Waals surface area contributed by atoms with Crippen LogP contribution in [0.4, 0.5) is 0 Å². The van der Waals surface area contributed by atoms with E-state index in [4.69, 9.17) is 18.6 Å². The third-order valence-corrected chi connectivity index (χ3v) is 11.1. The Kier molecular flexibility index (Phi) is 6.42. The first-order valence-electron chi connectivity index (χ1n) is 10.6. The van der Waals surface area contributed by atoms with Gasteiger partial charge in [0.15, 0.2) is 14.6 Å². The van der Waals surface area contributed by atoms with E-state index in [9.17, 15) is 4.79 Å². The maximum atomic E-state index is 12.0. The fourth-order valence-corrected chi connectivity index (χ4v) is 5.32. The summed E-state index contributed by atoms with van der Waals surface area (Å²) in [6.45, 7) is 15.2. The van der Waals surface area contributed by atoms with Gasteiger partial charge in [-0.25, -0.2) is 0 Å². The first-order chi connectivity index (χ1) is 13.4. The first kappa shape index (κ1) is 22.6. The van der Waals surface area contributed by atoms with Crippen LogP contribution in [-0.4, -0.2) is 44.6 Å². The van der Waals surface area contributed by atoms with Gasteiger partial charge in [0.2, 0.25) is 0 Å². The summed E-state index contributed by atoms with van der Waals surface area (Å²) in [5, 5.41) is 0.0735. The Morgan fingerprint density at radius 2 is 1.86 bits per heavy atom. The molecule has 0 N–H and O–H groups in total. The molecule has 5 atom stereocenters. The van der Waals surface area contributed by atoms with E-state index in [0.717, 1.165) is 5.56 Å². The molecule has 2 heterocycles. The molecule has 2 aliphatic heterocycles. The summed E-state index contributed by atoms with van der Waals surface area (Å²) >= 11 is 0. The predicted octanol–water partition coefficient (Wildman–Crippen LogP) is 5.02. The number of benzene rings is 1. The third-order valence-electron chi connectivity index (χ3n) is 6.59. The van der Waals surface area contributed by atoms with Crippen LogP contribution in [0, 0.1) is 0 Å². The number of ether oxygens (including phenoxy) is 3. The SMILES string of the molecule is CC(=O)C[C@]1(C)O[C@@H]2CO[C@@H](c3ccccc3)O[C@H]2C[C@H]1O[Si](C)(C)C(C)(C)C. The lowest BCUT2D eigenvalue weighted by Gasteiger charge is -2.53. The van der Waals surface area contributed by atoms with Crippen LogP contribution >= 0.6 is 0 Å². The number of carbonyl (C=O) groups excluding carboxylic acids is 1. The molecule has 0 spiro atoms. The Morgan fingerprint density at radius 1 is 1.21 bits per heavy atom. The second-order valence-electron chi connectivity index (χ2n) is 10.2. The summed E-state index contributed by atoms with van der Waals surface area (Å²) in [4.78, 5) is 12.0. The van der Waals surface area contributed by atoms with E-state index in [1.165, 1.54) is 0 Å². The van der Waals surface area contributed by atoms with Gasteiger partial charge in [0.25, 0.3) is 0 Å². The summed E-state index contributed by atoms with van der Waals surface area (Å²) < 4.78 is 25.5. The number of Topliss-reactive ketones (excluding diaryl/α,β-unsaturated/α-hetero) is 1. The molecule has 5 nitrogen and oxygen atoms in total. The van der Waals surface area contributed by atoms with E-state index in [2.05, 4.69) is 33.9 Å². The van der Waals surface area contributed by atoms with Crippen LogP contribution in [0.5, 0.6) is 0 Å². The van der Waals surface area contributed by atoms with Gasteiger partial charge in [0.1, 0.15) is 11.9 Å². The van der Waals surface area contributed by atoms with Gasteiger partial charge >= 0.3 is 0 Å². The highest BCUT2D eigenvalue weighted by Gasteiger charge is 2.52. The maximum absolute atomic E-state index is 12.0. The molecule has 0 amide bonds. The fraction of sp³-hybridized carbons (Fsp3) is 0.696. The van der Waals surface area contributed by atoms with Crippen molar-refractivity contribution in [1.82, 2.24) is 0 Å². The molecule has 0 bridgehead atoms. The normalized spacial score (nSPS) is 33.2. The molecule has 0 unspecified atom stereocenters. The molecule has 2 fully saturated rings. The standard InChI is InChI=1S/C23H36O5Si/c1-16(24)14-23(5)20(28-29(6,7)22(2,3)4)13-18-19(27-23)15-25-21(26-18)17-11-9-8-10-12-17/h8-12,18-21H,13-15H2,1-7H3/t18-,19+,20+,21+,23-/m0/s1. The molecule has 0 aliphatic carbocycles. The van der Waals surface area contributed by atoms with Gasteiger partial charge in [-0.2, -0.15) is 0 Å². The van der Waals surface area contributed by atoms with E-state index in [1.807, 2.05) is 37.3 Å². The van der Waals surface area contributed by atoms with E-state index >= 15 is 0 Å². The Bertz CT molecular complexity index is 714. The highest BCUT2D eigenvalue weighted by atomic mass is 28.4. The molecule has 1 aromatic rings. The molecular formula is C23H36O5Si. The number of hydrogen-bond acceptors (Lipinski definition) is 5. The van der Waals surface area contributed by atoms with Crippen LogP contribution in [0.2, 0.25) is 18.1 Å². The van der Waals surface area contributed by atoms with Crippen LogP contribution in [0.1, 0.15) is 59.3 Å². The average Bonchev–Trinajstić information content (AvgIpc) is 2.61. The van der Waals surface area contributed by atoms with Crippen LogP contribution in [0.15, 0.2) is 30.3 Å². The van der Waals surface area contributed by atoms with Crippen molar-refractivity contribution in [1.29, 1.82) is 0 Å². The minimum Gasteiger partial charge on any atom is -0.411 e. The maximum Gasteiger partial charge on any atom is 0.192 e. The summed E-state index contributed by atoms with van der Waals surface area (Å²) in [5.41, 5.74) is 0.333. The third kappa shape index (κ3) is 4.99. The quantitative estimate of drug-likeness (QED) is 0.626. The predicted molar refractivity (Wildman–Crippen MR) is 115 cm³/mol. The summed E-state index contributed by atoms with van der Waals surface area (Å²) in [5.74, 6) is 0.106. The topological polar surface area (TPSA) is 54.0 Å². The van der Waals surface area contributed by atoms with Gasteiger partial charge in [0, 0.05) is 18.4 Å². The smallest absolute Gasteiger partial charge is 0.192 e. The van der Waals surface area contributed by atoms with Gasteiger partial charge in [-0.15, -0.1) is 0 Å². The lowest BCUT2D eigenvalue weighted by Crippen LogP contribution is -2.62. The lowest BCUT2D eigenvalue weighted by atomic mass is 9.84. The van der Waals surface area contributed by atoms with Gasteiger partial charge in [-0.05, 0) is 32.0 Å². The van der Waals surface area contributed by atoms with E-state index in [0.29, 0.717) is 19.4 Å². The zero-order valence-corrected chi connectivity index (χ0v) is 19.9. The molecular weight excluding hydrogens is 384 g/mol. The largest absolute Gasteiger partial charge is 0.411 e. The van der Waals surface area contributed by atoms with Crippen LogP contribution in [0.25, 0.3) is 0 Å². The Balaban J connectivity index is 1.82. The van der Waals surface area contributed by atoms with Crippen LogP contribution in [-0.2, 0) is 23.4 Å². The van der Waals surface area contributed by atoms with Crippen molar-refractivity contribution >= 4 is 14.1 Å². The van der Waals surface area contributed by atoms with Gasteiger partial charge < -0.3 is 18.6 Å². The highest BCUT2D eigenvalue weighted by molar-refractivity contribution is 6.74. The van der Waals surface area contributed by atoms with Crippen LogP contribution < -0.4 is 0 Å². The van der Waals surface area contributed by atoms with Gasteiger partial charge in [-0.3, -0.25) is 4.79 Å². The van der Waals surface area contributed by atoms with Crippen molar-refractivity contribution in [3.63, 3.8) is 0 Å². The monoisotopic (exact) mass is 420 g/mol. The molecule has 2 aliphatic rings. The van der Waals surface area contributed by atoms with Gasteiger partial charge in [-0.1, -0.05) is 51.1 Å². The lowest BCUT2D eigenvalue weighted by molar-refractivity contribution is -0.318. The molecule has 1 aromatic carbocycles. The van der Waals surface area contributed by atoms with Crippen molar-refractivity contribution in [2.45, 2.75) is 95.8 Å². The average molecular weight is 421 g/mol. The summed E-state index contributed by atoms with van der Waals surface area (Å²) in [7, 11) is -2.05. The molecule has 0 saturated carbocycles. The molecule has 6 heteroatoms. The zero-order chi connectivity index (χ0) is 21.4. The Hall–Kier alpha value is -1.05. The van der Waals surface area contributed by atoms with Crippen molar-refractivity contribution in [2.24, 2.45) is 0 Å². The molecule has 29 heavy (non-hydrogen) atoms. The summed E-state index contributed by atoms with van der Waals surface area (Å²) in [6.07, 6.45) is 0.128. The second kappa shape index (κ2) is 8.23. The Morgan fingerprint density at radius 3 is 2.45 bits per heavy atom. The number of rotatable bonds is 5. The molecule has 0 aromatic heterocycles. The van der Waals surface area contributed by atoms with E-state index in [1.54, 1.807) is 6.92 Å². The number of fused-ring (bicyclic) bond motifs is 1. The van der Waals surface area contributed by atoms with Crippen molar-refractivity contribution in [3.05, 3.63) is 35.9 Å². The number of ketones is 1. The molecule has 162 valence electrons. The van der Waals surface area contributed by atoms with Crippen molar-refractivity contribution in [3.8, 4) is 0 Å². The minimum atomic E-state index is -2.05. The van der Waals surface area contributed by atoms with Crippen molar-refractivity contribution in [2.75, 3.05) is 6.61 Å².